The second kappa shape index (κ2) is 7.19. The number of esters is 1. The maximum atomic E-state index is 11.1. The highest BCUT2D eigenvalue weighted by atomic mass is 79.9. The van der Waals surface area contributed by atoms with Gasteiger partial charge in [0.1, 0.15) is 0 Å². The van der Waals surface area contributed by atoms with Crippen molar-refractivity contribution in [3.05, 3.63) is 31.9 Å². The summed E-state index contributed by atoms with van der Waals surface area (Å²) in [5, 5.41) is 5.09. The number of hydrogen-bond donors (Lipinski definition) is 0. The van der Waals surface area contributed by atoms with Crippen molar-refractivity contribution in [2.24, 2.45) is 0 Å². The van der Waals surface area contributed by atoms with Crippen LogP contribution in [0.3, 0.4) is 0 Å². The SMILES string of the molecule is COC(=O)CCc1csc(N(C)Cc2csc(Br)c2)n1. The molecular weight excluding hydrogens is 360 g/mol. The van der Waals surface area contributed by atoms with Gasteiger partial charge in [0.2, 0.25) is 0 Å². The summed E-state index contributed by atoms with van der Waals surface area (Å²) in [4.78, 5) is 17.8. The van der Waals surface area contributed by atoms with Crippen LogP contribution in [0.1, 0.15) is 17.7 Å². The Balaban J connectivity index is 1.92. The fourth-order valence-corrected chi connectivity index (χ4v) is 3.72. The zero-order valence-corrected chi connectivity index (χ0v) is 14.5. The largest absolute Gasteiger partial charge is 0.469 e. The van der Waals surface area contributed by atoms with Gasteiger partial charge >= 0.3 is 5.97 Å². The molecule has 0 unspecified atom stereocenters. The third kappa shape index (κ3) is 4.29. The molecule has 0 amide bonds. The molecule has 0 N–H and O–H groups in total. The Morgan fingerprint density at radius 2 is 2.25 bits per heavy atom. The number of thiazole rings is 1. The Labute approximate surface area is 134 Å². The average Bonchev–Trinajstić information content (AvgIpc) is 3.05. The Morgan fingerprint density at radius 1 is 1.45 bits per heavy atom. The first-order valence-electron chi connectivity index (χ1n) is 6.03. The second-order valence-corrected chi connectivity index (χ2v) is 7.44. The van der Waals surface area contributed by atoms with Crippen molar-refractivity contribution in [1.82, 2.24) is 4.98 Å². The first-order valence-corrected chi connectivity index (χ1v) is 8.59. The third-order valence-electron chi connectivity index (χ3n) is 2.72. The average molecular weight is 375 g/mol. The summed E-state index contributed by atoms with van der Waals surface area (Å²) in [5.41, 5.74) is 2.20. The van der Waals surface area contributed by atoms with Gasteiger partial charge in [0, 0.05) is 25.4 Å². The molecule has 2 rings (SSSR count). The molecule has 20 heavy (non-hydrogen) atoms. The second-order valence-electron chi connectivity index (χ2n) is 4.31. The number of nitrogens with zero attached hydrogens (tertiary/aromatic N) is 2. The number of rotatable bonds is 6. The number of ether oxygens (including phenoxy) is 1. The van der Waals surface area contributed by atoms with E-state index in [1.807, 2.05) is 12.4 Å². The van der Waals surface area contributed by atoms with Crippen molar-refractivity contribution in [2.45, 2.75) is 19.4 Å². The molecule has 0 fully saturated rings. The zero-order chi connectivity index (χ0) is 14.5. The molecule has 0 aromatic carbocycles. The van der Waals surface area contributed by atoms with Gasteiger partial charge in [0.25, 0.3) is 0 Å². The number of anilines is 1. The van der Waals surface area contributed by atoms with Gasteiger partial charge in [-0.25, -0.2) is 4.98 Å². The van der Waals surface area contributed by atoms with Crippen LogP contribution < -0.4 is 4.90 Å². The highest BCUT2D eigenvalue weighted by Crippen LogP contribution is 2.25. The fourth-order valence-electron chi connectivity index (χ4n) is 1.69. The summed E-state index contributed by atoms with van der Waals surface area (Å²) in [6, 6.07) is 2.12. The molecule has 2 heterocycles. The van der Waals surface area contributed by atoms with Crippen molar-refractivity contribution in [2.75, 3.05) is 19.1 Å². The zero-order valence-electron chi connectivity index (χ0n) is 11.3. The minimum absolute atomic E-state index is 0.198. The molecule has 7 heteroatoms. The fraction of sp³-hybridized carbons (Fsp3) is 0.385. The van der Waals surface area contributed by atoms with E-state index in [-0.39, 0.29) is 5.97 Å². The standard InChI is InChI=1S/C13H15BrN2O2S2/c1-16(6-9-5-11(14)19-7-9)13-15-10(8-20-13)3-4-12(17)18-2/h5,7-8H,3-4,6H2,1-2H3. The quantitative estimate of drug-likeness (QED) is 0.722. The molecule has 0 aliphatic carbocycles. The number of aryl methyl sites for hydroxylation is 1. The first-order chi connectivity index (χ1) is 9.58. The van der Waals surface area contributed by atoms with Crippen LogP contribution in [0.15, 0.2) is 20.6 Å². The van der Waals surface area contributed by atoms with Gasteiger partial charge in [-0.3, -0.25) is 4.79 Å². The topological polar surface area (TPSA) is 42.4 Å². The summed E-state index contributed by atoms with van der Waals surface area (Å²) < 4.78 is 5.77. The van der Waals surface area contributed by atoms with Crippen molar-refractivity contribution in [1.29, 1.82) is 0 Å². The maximum Gasteiger partial charge on any atom is 0.305 e. The summed E-state index contributed by atoms with van der Waals surface area (Å²) in [6.07, 6.45) is 1.00. The van der Waals surface area contributed by atoms with Gasteiger partial charge in [-0.05, 0) is 32.9 Å². The number of carbonyl (C=O) groups is 1. The van der Waals surface area contributed by atoms with Gasteiger partial charge < -0.3 is 9.64 Å². The number of halogens is 1. The van der Waals surface area contributed by atoms with Gasteiger partial charge in [-0.15, -0.1) is 22.7 Å². The van der Waals surface area contributed by atoms with E-state index in [1.54, 1.807) is 22.7 Å². The molecule has 2 aromatic heterocycles. The Morgan fingerprint density at radius 3 is 2.90 bits per heavy atom. The van der Waals surface area contributed by atoms with Crippen LogP contribution in [0.25, 0.3) is 0 Å². The Kier molecular flexibility index (Phi) is 5.56. The monoisotopic (exact) mass is 374 g/mol. The molecular formula is C13H15BrN2O2S2. The van der Waals surface area contributed by atoms with Crippen LogP contribution in [-0.2, 0) is 22.5 Å². The maximum absolute atomic E-state index is 11.1. The van der Waals surface area contributed by atoms with Crippen LogP contribution in [0.5, 0.6) is 0 Å². The van der Waals surface area contributed by atoms with E-state index < -0.39 is 0 Å². The predicted octanol–water partition coefficient (Wildman–Crippen LogP) is 3.71. The highest BCUT2D eigenvalue weighted by Gasteiger charge is 2.10. The van der Waals surface area contributed by atoms with Crippen molar-refractivity contribution in [3.8, 4) is 0 Å². The van der Waals surface area contributed by atoms with E-state index in [2.05, 4.69) is 42.0 Å². The van der Waals surface area contributed by atoms with Gasteiger partial charge in [-0.1, -0.05) is 0 Å². The first kappa shape index (κ1) is 15.5. The minimum atomic E-state index is -0.198. The van der Waals surface area contributed by atoms with Crippen molar-refractivity contribution < 1.29 is 9.53 Å². The van der Waals surface area contributed by atoms with Gasteiger partial charge in [0.05, 0.1) is 23.0 Å². The summed E-state index contributed by atoms with van der Waals surface area (Å²) >= 11 is 6.75. The van der Waals surface area contributed by atoms with Crippen LogP contribution in [0.2, 0.25) is 0 Å². The molecule has 0 aliphatic heterocycles. The molecule has 108 valence electrons. The van der Waals surface area contributed by atoms with E-state index in [0.717, 1.165) is 21.2 Å². The molecule has 0 atom stereocenters. The molecule has 0 spiro atoms. The van der Waals surface area contributed by atoms with Gasteiger partial charge in [-0.2, -0.15) is 0 Å². The molecule has 0 aliphatic rings. The third-order valence-corrected chi connectivity index (χ3v) is 5.28. The molecule has 0 radical (unpaired) electrons. The van der Waals surface area contributed by atoms with Crippen molar-refractivity contribution >= 4 is 49.7 Å². The summed E-state index contributed by atoms with van der Waals surface area (Å²) in [6.45, 7) is 0.825. The lowest BCUT2D eigenvalue weighted by atomic mass is 10.2. The predicted molar refractivity (Wildman–Crippen MR) is 86.6 cm³/mol. The smallest absolute Gasteiger partial charge is 0.305 e. The molecule has 0 saturated carbocycles. The summed E-state index contributed by atoms with van der Waals surface area (Å²) in [7, 11) is 3.43. The number of hydrogen-bond acceptors (Lipinski definition) is 6. The lowest BCUT2D eigenvalue weighted by Crippen LogP contribution is -2.15. The normalized spacial score (nSPS) is 10.6. The molecule has 4 nitrogen and oxygen atoms in total. The number of methoxy groups -OCH3 is 1. The van der Waals surface area contributed by atoms with E-state index in [9.17, 15) is 4.79 Å². The lowest BCUT2D eigenvalue weighted by molar-refractivity contribution is -0.140. The lowest BCUT2D eigenvalue weighted by Gasteiger charge is -2.14. The highest BCUT2D eigenvalue weighted by molar-refractivity contribution is 9.11. The van der Waals surface area contributed by atoms with Crippen LogP contribution in [0, 0.1) is 0 Å². The van der Waals surface area contributed by atoms with Crippen molar-refractivity contribution in [3.63, 3.8) is 0 Å². The van der Waals surface area contributed by atoms with Crippen LogP contribution in [-0.4, -0.2) is 25.1 Å². The molecule has 2 aromatic rings. The van der Waals surface area contributed by atoms with Gasteiger partial charge in [0.15, 0.2) is 5.13 Å². The molecule has 0 saturated heterocycles. The van der Waals surface area contributed by atoms with E-state index in [0.29, 0.717) is 12.8 Å². The summed E-state index contributed by atoms with van der Waals surface area (Å²) in [5.74, 6) is -0.198. The van der Waals surface area contributed by atoms with E-state index in [1.165, 1.54) is 12.7 Å². The van der Waals surface area contributed by atoms with E-state index >= 15 is 0 Å². The Hall–Kier alpha value is -0.920. The van der Waals surface area contributed by atoms with Crippen LogP contribution in [0.4, 0.5) is 5.13 Å². The van der Waals surface area contributed by atoms with Crippen LogP contribution >= 0.6 is 38.6 Å². The molecule has 0 bridgehead atoms. The van der Waals surface area contributed by atoms with E-state index in [4.69, 9.17) is 0 Å². The number of aromatic nitrogens is 1. The Bertz CT molecular complexity index is 582. The number of carbonyl (C=O) groups excluding carboxylic acids is 1. The minimum Gasteiger partial charge on any atom is -0.469 e. The number of thiophene rings is 1.